The number of ether oxygens (including phenoxy) is 1. The Bertz CT molecular complexity index is 285. The van der Waals surface area contributed by atoms with E-state index in [0.717, 1.165) is 25.3 Å². The number of para-hydroxylation sites is 1. The summed E-state index contributed by atoms with van der Waals surface area (Å²) in [6.07, 6.45) is 1.12. The Morgan fingerprint density at radius 1 is 1.46 bits per heavy atom. The minimum Gasteiger partial charge on any atom is -0.493 e. The Hall–Kier alpha value is -1.02. The Balaban J connectivity index is 2.26. The number of hydrogen-bond acceptors (Lipinski definition) is 2. The van der Waals surface area contributed by atoms with Crippen molar-refractivity contribution in [3.05, 3.63) is 29.8 Å². The fraction of sp³-hybridized carbons (Fsp3) is 0.455. The molecule has 1 N–H and O–H groups in total. The Kier molecular flexibility index (Phi) is 2.50. The largest absolute Gasteiger partial charge is 0.493 e. The lowest BCUT2D eigenvalue weighted by atomic mass is 9.93. The van der Waals surface area contributed by atoms with Crippen molar-refractivity contribution in [1.82, 2.24) is 5.32 Å². The van der Waals surface area contributed by atoms with E-state index in [9.17, 15) is 0 Å². The van der Waals surface area contributed by atoms with Crippen molar-refractivity contribution in [3.8, 4) is 5.75 Å². The molecule has 0 aliphatic carbocycles. The Morgan fingerprint density at radius 2 is 2.31 bits per heavy atom. The van der Waals surface area contributed by atoms with Crippen LogP contribution in [0.3, 0.4) is 0 Å². The van der Waals surface area contributed by atoms with Gasteiger partial charge in [0.25, 0.3) is 0 Å². The van der Waals surface area contributed by atoms with Crippen molar-refractivity contribution in [1.29, 1.82) is 0 Å². The molecule has 0 bridgehead atoms. The van der Waals surface area contributed by atoms with Gasteiger partial charge in [-0.2, -0.15) is 0 Å². The molecule has 1 aromatic carbocycles. The average Bonchev–Trinajstić information content (AvgIpc) is 2.19. The molecule has 0 aromatic heterocycles. The summed E-state index contributed by atoms with van der Waals surface area (Å²) in [6.45, 7) is 1.89. The first kappa shape index (κ1) is 8.57. The van der Waals surface area contributed by atoms with E-state index in [-0.39, 0.29) is 0 Å². The molecule has 70 valence electrons. The smallest absolute Gasteiger partial charge is 0.122 e. The monoisotopic (exact) mass is 177 g/mol. The molecule has 1 aliphatic rings. The molecule has 0 spiro atoms. The Morgan fingerprint density at radius 3 is 3.15 bits per heavy atom. The molecule has 1 unspecified atom stereocenters. The van der Waals surface area contributed by atoms with Gasteiger partial charge >= 0.3 is 0 Å². The predicted octanol–water partition coefficient (Wildman–Crippen LogP) is 1.77. The fourth-order valence-corrected chi connectivity index (χ4v) is 1.87. The minimum atomic E-state index is 0.620. The summed E-state index contributed by atoms with van der Waals surface area (Å²) in [4.78, 5) is 0. The van der Waals surface area contributed by atoms with Gasteiger partial charge < -0.3 is 10.1 Å². The summed E-state index contributed by atoms with van der Waals surface area (Å²) in [5.74, 6) is 1.68. The van der Waals surface area contributed by atoms with Crippen molar-refractivity contribution in [3.63, 3.8) is 0 Å². The van der Waals surface area contributed by atoms with Crippen molar-refractivity contribution >= 4 is 0 Å². The molecular formula is C11H15NO. The van der Waals surface area contributed by atoms with E-state index in [1.807, 2.05) is 13.1 Å². The van der Waals surface area contributed by atoms with Crippen molar-refractivity contribution < 1.29 is 4.74 Å². The van der Waals surface area contributed by atoms with Crippen LogP contribution in [0, 0.1) is 0 Å². The SMILES string of the molecule is CNCC1CCOc2ccccc21. The van der Waals surface area contributed by atoms with Crippen LogP contribution < -0.4 is 10.1 Å². The van der Waals surface area contributed by atoms with Crippen LogP contribution in [0.1, 0.15) is 17.9 Å². The van der Waals surface area contributed by atoms with Crippen LogP contribution in [0.15, 0.2) is 24.3 Å². The zero-order chi connectivity index (χ0) is 9.10. The van der Waals surface area contributed by atoms with Crippen molar-refractivity contribution in [2.75, 3.05) is 20.2 Å². The molecule has 0 saturated heterocycles. The Labute approximate surface area is 78.9 Å². The van der Waals surface area contributed by atoms with Crippen LogP contribution in [0.2, 0.25) is 0 Å². The lowest BCUT2D eigenvalue weighted by Gasteiger charge is -2.25. The van der Waals surface area contributed by atoms with Gasteiger partial charge in [-0.3, -0.25) is 0 Å². The lowest BCUT2D eigenvalue weighted by molar-refractivity contribution is 0.266. The molecule has 0 amide bonds. The van der Waals surface area contributed by atoms with Gasteiger partial charge in [0.2, 0.25) is 0 Å². The number of benzene rings is 1. The van der Waals surface area contributed by atoms with E-state index < -0.39 is 0 Å². The van der Waals surface area contributed by atoms with Crippen molar-refractivity contribution in [2.24, 2.45) is 0 Å². The average molecular weight is 177 g/mol. The number of hydrogen-bond donors (Lipinski definition) is 1. The third kappa shape index (κ3) is 1.68. The van der Waals surface area contributed by atoms with Gasteiger partial charge in [-0.25, -0.2) is 0 Å². The first-order valence-electron chi connectivity index (χ1n) is 4.78. The highest BCUT2D eigenvalue weighted by atomic mass is 16.5. The molecule has 1 aromatic rings. The second-order valence-electron chi connectivity index (χ2n) is 3.43. The zero-order valence-corrected chi connectivity index (χ0v) is 7.92. The molecular weight excluding hydrogens is 162 g/mol. The van der Waals surface area contributed by atoms with E-state index in [2.05, 4.69) is 23.5 Å². The highest BCUT2D eigenvalue weighted by Gasteiger charge is 2.19. The molecule has 1 atom stereocenters. The second kappa shape index (κ2) is 3.79. The van der Waals surface area contributed by atoms with Crippen LogP contribution >= 0.6 is 0 Å². The van der Waals surface area contributed by atoms with Gasteiger partial charge in [0.15, 0.2) is 0 Å². The van der Waals surface area contributed by atoms with Gasteiger partial charge in [-0.1, -0.05) is 18.2 Å². The van der Waals surface area contributed by atoms with E-state index in [1.54, 1.807) is 0 Å². The highest BCUT2D eigenvalue weighted by molar-refractivity contribution is 5.37. The van der Waals surface area contributed by atoms with Gasteiger partial charge in [-0.15, -0.1) is 0 Å². The third-order valence-electron chi connectivity index (χ3n) is 2.53. The van der Waals surface area contributed by atoms with Crippen LogP contribution in [-0.4, -0.2) is 20.2 Å². The van der Waals surface area contributed by atoms with E-state index in [4.69, 9.17) is 4.74 Å². The quantitative estimate of drug-likeness (QED) is 0.743. The summed E-state index contributed by atoms with van der Waals surface area (Å²) < 4.78 is 5.57. The van der Waals surface area contributed by atoms with Crippen LogP contribution in [-0.2, 0) is 0 Å². The summed E-state index contributed by atoms with van der Waals surface area (Å²) in [7, 11) is 2.00. The molecule has 13 heavy (non-hydrogen) atoms. The van der Waals surface area contributed by atoms with E-state index in [0.29, 0.717) is 5.92 Å². The van der Waals surface area contributed by atoms with Gasteiger partial charge in [-0.05, 0) is 25.1 Å². The zero-order valence-electron chi connectivity index (χ0n) is 7.92. The fourth-order valence-electron chi connectivity index (χ4n) is 1.87. The molecule has 2 rings (SSSR count). The van der Waals surface area contributed by atoms with Gasteiger partial charge in [0.05, 0.1) is 6.61 Å². The summed E-state index contributed by atoms with van der Waals surface area (Å²) >= 11 is 0. The predicted molar refractivity (Wildman–Crippen MR) is 53.2 cm³/mol. The molecule has 0 saturated carbocycles. The molecule has 0 fully saturated rings. The van der Waals surface area contributed by atoms with Gasteiger partial charge in [0.1, 0.15) is 5.75 Å². The summed E-state index contributed by atoms with van der Waals surface area (Å²) in [6, 6.07) is 8.32. The van der Waals surface area contributed by atoms with Crippen LogP contribution in [0.25, 0.3) is 0 Å². The lowest BCUT2D eigenvalue weighted by Crippen LogP contribution is -2.23. The molecule has 1 heterocycles. The maximum Gasteiger partial charge on any atom is 0.122 e. The van der Waals surface area contributed by atoms with E-state index in [1.165, 1.54) is 5.56 Å². The van der Waals surface area contributed by atoms with Gasteiger partial charge in [0, 0.05) is 12.5 Å². The first-order valence-corrected chi connectivity index (χ1v) is 4.78. The highest BCUT2D eigenvalue weighted by Crippen LogP contribution is 2.32. The van der Waals surface area contributed by atoms with Crippen LogP contribution in [0.4, 0.5) is 0 Å². The number of nitrogens with one attached hydrogen (secondary N) is 1. The molecule has 1 aliphatic heterocycles. The maximum atomic E-state index is 5.57. The topological polar surface area (TPSA) is 21.3 Å². The summed E-state index contributed by atoms with van der Waals surface area (Å²) in [5, 5.41) is 3.22. The molecule has 2 heteroatoms. The molecule has 2 nitrogen and oxygen atoms in total. The minimum absolute atomic E-state index is 0.620. The number of rotatable bonds is 2. The second-order valence-corrected chi connectivity index (χ2v) is 3.43. The number of likely N-dealkylation sites (N-methyl/N-ethyl adjacent to an activating group) is 1. The number of fused-ring (bicyclic) bond motifs is 1. The van der Waals surface area contributed by atoms with E-state index >= 15 is 0 Å². The standard InChI is InChI=1S/C11H15NO/c1-12-8-9-6-7-13-11-5-3-2-4-10(9)11/h2-5,9,12H,6-8H2,1H3. The summed E-state index contributed by atoms with van der Waals surface area (Å²) in [5.41, 5.74) is 1.35. The maximum absolute atomic E-state index is 5.57. The normalized spacial score (nSPS) is 20.5. The van der Waals surface area contributed by atoms with Crippen molar-refractivity contribution in [2.45, 2.75) is 12.3 Å². The third-order valence-corrected chi connectivity index (χ3v) is 2.53. The van der Waals surface area contributed by atoms with Crippen LogP contribution in [0.5, 0.6) is 5.75 Å². The first-order chi connectivity index (χ1) is 6.42. The molecule has 0 radical (unpaired) electrons.